The molecular formula is C22H51N5O. The zero-order valence-electron chi connectivity index (χ0n) is 21.3. The summed E-state index contributed by atoms with van der Waals surface area (Å²) in [6.45, 7) is 30.3. The van der Waals surface area contributed by atoms with Gasteiger partial charge in [0.1, 0.15) is 0 Å². The van der Waals surface area contributed by atoms with Crippen molar-refractivity contribution in [1.82, 2.24) is 24.9 Å². The first-order chi connectivity index (χ1) is 12.3. The topological polar surface area (TPSA) is 45.2 Å². The van der Waals surface area contributed by atoms with E-state index in [2.05, 4.69) is 103 Å². The molecule has 0 heterocycles. The van der Waals surface area contributed by atoms with Gasteiger partial charge in [-0.25, -0.2) is 0 Å². The van der Waals surface area contributed by atoms with Gasteiger partial charge in [0.2, 0.25) is 0 Å². The molecule has 0 saturated carbocycles. The lowest BCUT2D eigenvalue weighted by atomic mass is 9.97. The zero-order chi connectivity index (χ0) is 22.6. The van der Waals surface area contributed by atoms with Crippen LogP contribution in [0.4, 0.5) is 0 Å². The predicted molar refractivity (Wildman–Crippen MR) is 122 cm³/mol. The summed E-state index contributed by atoms with van der Waals surface area (Å²) in [5.41, 5.74) is 0.274. The lowest BCUT2D eigenvalue weighted by molar-refractivity contribution is -0.0435. The molecule has 0 aromatic heterocycles. The lowest BCUT2D eigenvalue weighted by Crippen LogP contribution is -2.60. The van der Waals surface area contributed by atoms with Crippen LogP contribution in [0.2, 0.25) is 0 Å². The van der Waals surface area contributed by atoms with Crippen LogP contribution < -0.4 is 5.32 Å². The third-order valence-corrected chi connectivity index (χ3v) is 4.87. The van der Waals surface area contributed by atoms with E-state index in [9.17, 15) is 5.11 Å². The molecule has 2 N–H and O–H groups in total. The highest BCUT2D eigenvalue weighted by Gasteiger charge is 2.34. The average molecular weight is 402 g/mol. The molecule has 0 radical (unpaired) electrons. The van der Waals surface area contributed by atoms with Crippen LogP contribution in [0.25, 0.3) is 0 Å². The van der Waals surface area contributed by atoms with Crippen molar-refractivity contribution in [2.75, 3.05) is 40.5 Å². The Bertz CT molecular complexity index is 412. The van der Waals surface area contributed by atoms with Crippen LogP contribution in [0.15, 0.2) is 0 Å². The maximum Gasteiger partial charge on any atom is 0.0964 e. The molecule has 0 aromatic carbocycles. The highest BCUT2D eigenvalue weighted by molar-refractivity contribution is 4.88. The van der Waals surface area contributed by atoms with Crippen molar-refractivity contribution >= 4 is 0 Å². The number of aliphatic hydroxyl groups is 1. The third-order valence-electron chi connectivity index (χ3n) is 4.87. The van der Waals surface area contributed by atoms with Gasteiger partial charge in [-0.2, -0.15) is 0 Å². The second-order valence-electron chi connectivity index (χ2n) is 12.1. The van der Waals surface area contributed by atoms with Gasteiger partial charge in [0.05, 0.1) is 33.4 Å². The summed E-state index contributed by atoms with van der Waals surface area (Å²) in [4.78, 5) is 9.28. The van der Waals surface area contributed by atoms with Crippen molar-refractivity contribution in [3.8, 4) is 0 Å². The molecule has 0 unspecified atom stereocenters. The van der Waals surface area contributed by atoms with Gasteiger partial charge < -0.3 is 5.11 Å². The summed E-state index contributed by atoms with van der Waals surface area (Å²) in [6.07, 6.45) is 0. The molecule has 0 amide bonds. The standard InChI is InChI=1S/C22H51N5O/c1-19(2,3)26(20(4,5)6)15-23-14-25(16-24(13)18-28)17-27(21(7,8)9)22(10,11)12/h23,28H,14-18H2,1-13H3. The molecular weight excluding hydrogens is 350 g/mol. The van der Waals surface area contributed by atoms with Crippen molar-refractivity contribution in [2.24, 2.45) is 0 Å². The van der Waals surface area contributed by atoms with E-state index >= 15 is 0 Å². The van der Waals surface area contributed by atoms with E-state index in [0.29, 0.717) is 6.67 Å². The zero-order valence-corrected chi connectivity index (χ0v) is 21.3. The van der Waals surface area contributed by atoms with Crippen LogP contribution in [0, 0.1) is 0 Å². The van der Waals surface area contributed by atoms with Gasteiger partial charge in [-0.1, -0.05) is 0 Å². The largest absolute Gasteiger partial charge is 0.381 e. The Kier molecular flexibility index (Phi) is 10.1. The quantitative estimate of drug-likeness (QED) is 0.578. The normalized spacial score (nSPS) is 14.8. The first kappa shape index (κ1) is 27.8. The van der Waals surface area contributed by atoms with Crippen LogP contribution in [-0.4, -0.2) is 87.3 Å². The summed E-state index contributed by atoms with van der Waals surface area (Å²) < 4.78 is 0. The maximum absolute atomic E-state index is 9.52. The van der Waals surface area contributed by atoms with Crippen molar-refractivity contribution < 1.29 is 5.11 Å². The average Bonchev–Trinajstić information content (AvgIpc) is 2.43. The Morgan fingerprint density at radius 3 is 1.32 bits per heavy atom. The summed E-state index contributed by atoms with van der Waals surface area (Å²) >= 11 is 0. The van der Waals surface area contributed by atoms with E-state index in [0.717, 1.165) is 20.0 Å². The molecule has 6 nitrogen and oxygen atoms in total. The molecule has 0 bridgehead atoms. The van der Waals surface area contributed by atoms with Gasteiger partial charge in [-0.15, -0.1) is 0 Å². The Balaban J connectivity index is 5.27. The smallest absolute Gasteiger partial charge is 0.0964 e. The summed E-state index contributed by atoms with van der Waals surface area (Å²) in [7, 11) is 1.95. The molecule has 6 heteroatoms. The van der Waals surface area contributed by atoms with Gasteiger partial charge in [0.15, 0.2) is 0 Å². The molecule has 0 saturated heterocycles. The molecule has 0 fully saturated rings. The van der Waals surface area contributed by atoms with Gasteiger partial charge in [-0.05, 0) is 90.1 Å². The van der Waals surface area contributed by atoms with Crippen molar-refractivity contribution in [3.63, 3.8) is 0 Å². The first-order valence-electron chi connectivity index (χ1n) is 10.6. The van der Waals surface area contributed by atoms with Gasteiger partial charge in [0, 0.05) is 22.2 Å². The van der Waals surface area contributed by atoms with Crippen molar-refractivity contribution in [2.45, 2.75) is 105 Å². The minimum Gasteiger partial charge on any atom is -0.381 e. The molecule has 0 aliphatic rings. The Labute approximate surface area is 176 Å². The lowest BCUT2D eigenvalue weighted by Gasteiger charge is -2.48. The third kappa shape index (κ3) is 9.99. The number of hydrogen-bond donors (Lipinski definition) is 2. The number of rotatable bonds is 9. The second kappa shape index (κ2) is 10.2. The van der Waals surface area contributed by atoms with E-state index in [1.807, 2.05) is 11.9 Å². The molecule has 0 aliphatic heterocycles. The SMILES string of the molecule is CN(CO)CN(CNCN(C(C)(C)C)C(C)(C)C)CN(C(C)(C)C)C(C)(C)C. The summed E-state index contributed by atoms with van der Waals surface area (Å²) in [6, 6.07) is 0. The first-order valence-corrected chi connectivity index (χ1v) is 10.6. The fourth-order valence-electron chi connectivity index (χ4n) is 3.96. The summed E-state index contributed by atoms with van der Waals surface area (Å²) in [5.74, 6) is 0. The van der Waals surface area contributed by atoms with Gasteiger partial charge in [0.25, 0.3) is 0 Å². The van der Waals surface area contributed by atoms with Crippen molar-refractivity contribution in [3.05, 3.63) is 0 Å². The highest BCUT2D eigenvalue weighted by atomic mass is 16.3. The molecule has 0 aromatic rings. The van der Waals surface area contributed by atoms with Crippen LogP contribution >= 0.6 is 0 Å². The maximum atomic E-state index is 9.52. The van der Waals surface area contributed by atoms with E-state index < -0.39 is 0 Å². The number of nitrogens with one attached hydrogen (secondary N) is 1. The molecule has 0 atom stereocenters. The number of hydrogen-bond acceptors (Lipinski definition) is 6. The fraction of sp³-hybridized carbons (Fsp3) is 1.00. The van der Waals surface area contributed by atoms with Crippen LogP contribution in [0.1, 0.15) is 83.1 Å². The Hall–Kier alpha value is -0.240. The van der Waals surface area contributed by atoms with Gasteiger partial charge >= 0.3 is 0 Å². The molecule has 170 valence electrons. The predicted octanol–water partition coefficient (Wildman–Crippen LogP) is 3.39. The molecule has 0 aliphatic carbocycles. The highest BCUT2D eigenvalue weighted by Crippen LogP contribution is 2.25. The van der Waals surface area contributed by atoms with Crippen LogP contribution in [0.5, 0.6) is 0 Å². The van der Waals surface area contributed by atoms with Crippen LogP contribution in [-0.2, 0) is 0 Å². The molecule has 0 spiro atoms. The monoisotopic (exact) mass is 401 g/mol. The number of aliphatic hydroxyl groups excluding tert-OH is 1. The molecule has 0 rings (SSSR count). The minimum atomic E-state index is 0.0527. The van der Waals surface area contributed by atoms with Crippen molar-refractivity contribution in [1.29, 1.82) is 0 Å². The van der Waals surface area contributed by atoms with Gasteiger partial charge in [-0.3, -0.25) is 24.9 Å². The van der Waals surface area contributed by atoms with E-state index in [1.54, 1.807) is 0 Å². The Morgan fingerprint density at radius 2 is 1.00 bits per heavy atom. The van der Waals surface area contributed by atoms with E-state index in [4.69, 9.17) is 0 Å². The second-order valence-corrected chi connectivity index (χ2v) is 12.1. The van der Waals surface area contributed by atoms with E-state index in [1.165, 1.54) is 0 Å². The van der Waals surface area contributed by atoms with E-state index in [-0.39, 0.29) is 28.9 Å². The molecule has 28 heavy (non-hydrogen) atoms. The number of nitrogens with zero attached hydrogens (tertiary/aromatic N) is 4. The fourth-order valence-corrected chi connectivity index (χ4v) is 3.96. The van der Waals surface area contributed by atoms with Crippen LogP contribution in [0.3, 0.4) is 0 Å². The minimum absolute atomic E-state index is 0.0527. The summed E-state index contributed by atoms with van der Waals surface area (Å²) in [5, 5.41) is 13.2. The Morgan fingerprint density at radius 1 is 0.607 bits per heavy atom.